The summed E-state index contributed by atoms with van der Waals surface area (Å²) in [5.41, 5.74) is 1.23. The third-order valence-electron chi connectivity index (χ3n) is 3.03. The van der Waals surface area contributed by atoms with Crippen LogP contribution in [0.5, 0.6) is 0 Å². The van der Waals surface area contributed by atoms with Crippen molar-refractivity contribution in [2.45, 2.75) is 18.7 Å². The normalized spacial score (nSPS) is 13.1. The molecule has 1 N–H and O–H groups in total. The first-order valence-electron chi connectivity index (χ1n) is 6.36. The van der Waals surface area contributed by atoms with Gasteiger partial charge in [-0.2, -0.15) is 0 Å². The third-order valence-corrected chi connectivity index (χ3v) is 4.80. The van der Waals surface area contributed by atoms with Gasteiger partial charge in [0.1, 0.15) is 5.82 Å². The van der Waals surface area contributed by atoms with E-state index < -0.39 is 16.1 Å². The molecule has 0 aliphatic heterocycles. The van der Waals surface area contributed by atoms with Crippen LogP contribution in [0.25, 0.3) is 0 Å². The lowest BCUT2D eigenvalue weighted by molar-refractivity contribution is 0.565. The van der Waals surface area contributed by atoms with Crippen LogP contribution >= 0.6 is 11.6 Å². The summed E-state index contributed by atoms with van der Waals surface area (Å²) in [6, 6.07) is 12.1. The molecule has 0 spiro atoms. The fourth-order valence-electron chi connectivity index (χ4n) is 1.95. The molecule has 3 nitrogen and oxygen atoms in total. The molecule has 0 aromatic heterocycles. The highest BCUT2D eigenvalue weighted by atomic mass is 35.5. The lowest BCUT2D eigenvalue weighted by Gasteiger charge is -2.15. The quantitative estimate of drug-likeness (QED) is 0.911. The second-order valence-corrected chi connectivity index (χ2v) is 6.90. The Morgan fingerprint density at radius 2 is 1.76 bits per heavy atom. The summed E-state index contributed by atoms with van der Waals surface area (Å²) in [6.07, 6.45) is 0. The maximum absolute atomic E-state index is 12.9. The number of hydrogen-bond donors (Lipinski definition) is 1. The van der Waals surface area contributed by atoms with Crippen molar-refractivity contribution in [2.24, 2.45) is 0 Å². The van der Waals surface area contributed by atoms with Gasteiger partial charge in [-0.1, -0.05) is 41.9 Å². The average molecular weight is 328 g/mol. The van der Waals surface area contributed by atoms with Crippen LogP contribution in [0, 0.1) is 5.82 Å². The molecule has 0 saturated carbocycles. The Morgan fingerprint density at radius 3 is 2.38 bits per heavy atom. The van der Waals surface area contributed by atoms with Gasteiger partial charge >= 0.3 is 0 Å². The Kier molecular flexibility index (Phi) is 4.98. The molecule has 0 radical (unpaired) electrons. The van der Waals surface area contributed by atoms with Gasteiger partial charge in [-0.05, 0) is 36.2 Å². The lowest BCUT2D eigenvalue weighted by atomic mass is 10.1. The fraction of sp³-hybridized carbons (Fsp3) is 0.200. The van der Waals surface area contributed by atoms with Gasteiger partial charge in [0.25, 0.3) is 0 Å². The van der Waals surface area contributed by atoms with E-state index >= 15 is 0 Å². The van der Waals surface area contributed by atoms with Crippen LogP contribution in [0.3, 0.4) is 0 Å². The summed E-state index contributed by atoms with van der Waals surface area (Å²) in [4.78, 5) is 0. The third kappa shape index (κ3) is 4.52. The summed E-state index contributed by atoms with van der Waals surface area (Å²) >= 11 is 5.97. The van der Waals surface area contributed by atoms with E-state index in [9.17, 15) is 12.8 Å². The van der Waals surface area contributed by atoms with Crippen molar-refractivity contribution in [1.29, 1.82) is 0 Å². The Labute approximate surface area is 128 Å². The van der Waals surface area contributed by atoms with Crippen LogP contribution in [0.1, 0.15) is 24.1 Å². The standard InChI is InChI=1S/C15H15ClFNO2S/c1-11(12-6-8-14(17)9-7-12)18-21(19,20)10-13-4-2-3-5-15(13)16/h2-9,11,18H,10H2,1H3/t11-/m1/s1. The summed E-state index contributed by atoms with van der Waals surface area (Å²) in [5.74, 6) is -0.553. The van der Waals surface area contributed by atoms with Crippen molar-refractivity contribution in [2.75, 3.05) is 0 Å². The van der Waals surface area contributed by atoms with Crippen molar-refractivity contribution < 1.29 is 12.8 Å². The van der Waals surface area contributed by atoms with Gasteiger partial charge in [-0.15, -0.1) is 0 Å². The number of sulfonamides is 1. The van der Waals surface area contributed by atoms with Gasteiger partial charge in [0.05, 0.1) is 5.75 Å². The van der Waals surface area contributed by atoms with Gasteiger partial charge in [-0.3, -0.25) is 0 Å². The second-order valence-electron chi connectivity index (χ2n) is 4.74. The highest BCUT2D eigenvalue weighted by Crippen LogP contribution is 2.19. The highest BCUT2D eigenvalue weighted by molar-refractivity contribution is 7.88. The zero-order valence-corrected chi connectivity index (χ0v) is 13.0. The van der Waals surface area contributed by atoms with E-state index in [1.165, 1.54) is 12.1 Å². The second kappa shape index (κ2) is 6.56. The monoisotopic (exact) mass is 327 g/mol. The number of hydrogen-bond acceptors (Lipinski definition) is 2. The predicted molar refractivity (Wildman–Crippen MR) is 82.0 cm³/mol. The fourth-order valence-corrected chi connectivity index (χ4v) is 3.65. The predicted octanol–water partition coefficient (Wildman–Crippen LogP) is 3.66. The van der Waals surface area contributed by atoms with Crippen LogP contribution in [0.4, 0.5) is 4.39 Å². The van der Waals surface area contributed by atoms with Gasteiger partial charge in [0, 0.05) is 11.1 Å². The molecule has 1 atom stereocenters. The Hall–Kier alpha value is -1.43. The molecule has 0 aliphatic carbocycles. The minimum atomic E-state index is -3.54. The highest BCUT2D eigenvalue weighted by Gasteiger charge is 2.17. The average Bonchev–Trinajstić information content (AvgIpc) is 2.41. The molecule has 0 aliphatic rings. The zero-order valence-electron chi connectivity index (χ0n) is 11.4. The van der Waals surface area contributed by atoms with Crippen LogP contribution < -0.4 is 4.72 Å². The number of rotatable bonds is 5. The van der Waals surface area contributed by atoms with Crippen LogP contribution in [-0.4, -0.2) is 8.42 Å². The van der Waals surface area contributed by atoms with Crippen LogP contribution in [-0.2, 0) is 15.8 Å². The van der Waals surface area contributed by atoms with Gasteiger partial charge in [0.2, 0.25) is 10.0 Å². The summed E-state index contributed by atoms with van der Waals surface area (Å²) in [7, 11) is -3.54. The van der Waals surface area contributed by atoms with E-state index in [1.54, 1.807) is 43.3 Å². The molecule has 2 aromatic carbocycles. The zero-order chi connectivity index (χ0) is 15.5. The SMILES string of the molecule is C[C@@H](NS(=O)(=O)Cc1ccccc1Cl)c1ccc(F)cc1. The summed E-state index contributed by atoms with van der Waals surface area (Å²) in [5, 5.41) is 0.414. The molecule has 0 fully saturated rings. The lowest BCUT2D eigenvalue weighted by Crippen LogP contribution is -2.28. The van der Waals surface area contributed by atoms with E-state index in [2.05, 4.69) is 4.72 Å². The Balaban J connectivity index is 2.10. The Bertz CT molecular complexity index is 717. The topological polar surface area (TPSA) is 46.2 Å². The molecule has 2 aromatic rings. The smallest absolute Gasteiger partial charge is 0.212 e. The molecule has 0 saturated heterocycles. The number of benzene rings is 2. The first-order chi connectivity index (χ1) is 9.87. The molecule has 0 bridgehead atoms. The van der Waals surface area contributed by atoms with Crippen molar-refractivity contribution in [3.63, 3.8) is 0 Å². The molecular formula is C15H15ClFNO2S. The molecule has 0 heterocycles. The Morgan fingerprint density at radius 1 is 1.14 bits per heavy atom. The minimum absolute atomic E-state index is 0.196. The number of halogens is 2. The maximum atomic E-state index is 12.9. The van der Waals surface area contributed by atoms with Crippen molar-refractivity contribution in [3.8, 4) is 0 Å². The summed E-state index contributed by atoms with van der Waals surface area (Å²) in [6.45, 7) is 1.71. The minimum Gasteiger partial charge on any atom is -0.212 e. The summed E-state index contributed by atoms with van der Waals surface area (Å²) < 4.78 is 39.7. The molecule has 0 unspecified atom stereocenters. The first kappa shape index (κ1) is 15.9. The molecule has 0 amide bonds. The van der Waals surface area contributed by atoms with E-state index in [-0.39, 0.29) is 11.6 Å². The van der Waals surface area contributed by atoms with E-state index in [1.807, 2.05) is 0 Å². The van der Waals surface area contributed by atoms with E-state index in [0.717, 1.165) is 0 Å². The number of nitrogens with one attached hydrogen (secondary N) is 1. The molecule has 6 heteroatoms. The first-order valence-corrected chi connectivity index (χ1v) is 8.39. The largest absolute Gasteiger partial charge is 0.216 e. The van der Waals surface area contributed by atoms with Crippen molar-refractivity contribution in [1.82, 2.24) is 4.72 Å². The molecule has 21 heavy (non-hydrogen) atoms. The molecule has 112 valence electrons. The van der Waals surface area contributed by atoms with Crippen molar-refractivity contribution >= 4 is 21.6 Å². The van der Waals surface area contributed by atoms with Crippen LogP contribution in [0.15, 0.2) is 48.5 Å². The van der Waals surface area contributed by atoms with E-state index in [4.69, 9.17) is 11.6 Å². The van der Waals surface area contributed by atoms with Gasteiger partial charge in [-0.25, -0.2) is 17.5 Å². The van der Waals surface area contributed by atoms with Crippen LogP contribution in [0.2, 0.25) is 5.02 Å². The van der Waals surface area contributed by atoms with E-state index in [0.29, 0.717) is 16.1 Å². The molecule has 2 rings (SSSR count). The van der Waals surface area contributed by atoms with Crippen molar-refractivity contribution in [3.05, 3.63) is 70.5 Å². The maximum Gasteiger partial charge on any atom is 0.216 e. The molecular weight excluding hydrogens is 313 g/mol. The van der Waals surface area contributed by atoms with Gasteiger partial charge in [0.15, 0.2) is 0 Å². The van der Waals surface area contributed by atoms with Gasteiger partial charge < -0.3 is 0 Å².